The van der Waals surface area contributed by atoms with E-state index in [0.717, 1.165) is 17.0 Å². The molecule has 0 saturated heterocycles. The lowest BCUT2D eigenvalue weighted by Gasteiger charge is -2.32. The average molecular weight is 600 g/mol. The number of rotatable bonds is 10. The normalized spacial score (nSPS) is 12.5. The van der Waals surface area contributed by atoms with Crippen LogP contribution in [0.25, 0.3) is 0 Å². The van der Waals surface area contributed by atoms with E-state index < -0.39 is 64.2 Å². The van der Waals surface area contributed by atoms with Crippen molar-refractivity contribution >= 4 is 39.1 Å². The van der Waals surface area contributed by atoms with E-state index in [1.807, 2.05) is 0 Å². The third-order valence-corrected chi connectivity index (χ3v) is 8.06. The molecule has 0 aromatic heterocycles. The van der Waals surface area contributed by atoms with Gasteiger partial charge in [0.15, 0.2) is 0 Å². The van der Waals surface area contributed by atoms with E-state index in [-0.39, 0.29) is 22.0 Å². The Balaban J connectivity index is 2.14. The molecule has 0 heterocycles. The number of halogens is 5. The van der Waals surface area contributed by atoms with Crippen molar-refractivity contribution in [3.8, 4) is 0 Å². The number of benzene rings is 3. The summed E-state index contributed by atoms with van der Waals surface area (Å²) in [6, 6.07) is 13.2. The number of carbonyl (C=O) groups excluding carboxylic acids is 2. The number of alkyl halides is 3. The second-order valence-electron chi connectivity index (χ2n) is 8.67. The van der Waals surface area contributed by atoms with Crippen LogP contribution in [0.2, 0.25) is 5.02 Å². The molecule has 0 aliphatic carbocycles. The van der Waals surface area contributed by atoms with Crippen LogP contribution in [0.1, 0.15) is 25.0 Å². The molecule has 1 unspecified atom stereocenters. The van der Waals surface area contributed by atoms with Crippen molar-refractivity contribution in [3.63, 3.8) is 0 Å². The van der Waals surface area contributed by atoms with Crippen molar-refractivity contribution in [3.05, 3.63) is 94.8 Å². The summed E-state index contributed by atoms with van der Waals surface area (Å²) in [5.74, 6) is -2.24. The minimum atomic E-state index is -4.84. The predicted molar refractivity (Wildman–Crippen MR) is 143 cm³/mol. The summed E-state index contributed by atoms with van der Waals surface area (Å²) in [6.45, 7) is 1.80. The van der Waals surface area contributed by atoms with Crippen LogP contribution in [0, 0.1) is 5.82 Å². The Morgan fingerprint density at radius 3 is 2.23 bits per heavy atom. The molecule has 0 aliphatic heterocycles. The maximum atomic E-state index is 14.5. The van der Waals surface area contributed by atoms with Crippen LogP contribution in [0.4, 0.5) is 23.2 Å². The number of sulfonamides is 1. The molecule has 7 nitrogen and oxygen atoms in total. The number of carbonyl (C=O) groups is 2. The number of nitrogens with zero attached hydrogens (tertiary/aromatic N) is 2. The van der Waals surface area contributed by atoms with Crippen molar-refractivity contribution in [2.45, 2.75) is 37.5 Å². The molecule has 0 bridgehead atoms. The Kier molecular flexibility index (Phi) is 9.80. The number of likely N-dealkylation sites (N-methyl/N-ethyl adjacent to an activating group) is 1. The monoisotopic (exact) mass is 599 g/mol. The SMILES string of the molecule is CCNC(=O)C(C)N(Cc1ccccc1F)C(=O)CN(c1cc(C(F)(F)F)ccc1Cl)S(=O)(=O)c1ccccc1. The highest BCUT2D eigenvalue weighted by molar-refractivity contribution is 7.92. The van der Waals surface area contributed by atoms with Gasteiger partial charge in [0.25, 0.3) is 10.0 Å². The molecule has 3 aromatic carbocycles. The highest BCUT2D eigenvalue weighted by Crippen LogP contribution is 2.37. The second kappa shape index (κ2) is 12.7. The van der Waals surface area contributed by atoms with Gasteiger partial charge in [-0.2, -0.15) is 13.2 Å². The first-order valence-corrected chi connectivity index (χ1v) is 13.8. The summed E-state index contributed by atoms with van der Waals surface area (Å²) in [7, 11) is -4.65. The number of nitrogens with one attached hydrogen (secondary N) is 1. The molecule has 214 valence electrons. The lowest BCUT2D eigenvalue weighted by molar-refractivity contribution is -0.139. The van der Waals surface area contributed by atoms with E-state index in [0.29, 0.717) is 16.4 Å². The lowest BCUT2D eigenvalue weighted by Crippen LogP contribution is -2.51. The first kappa shape index (κ1) is 30.9. The summed E-state index contributed by atoms with van der Waals surface area (Å²) < 4.78 is 83.0. The number of amides is 2. The van der Waals surface area contributed by atoms with Crippen LogP contribution >= 0.6 is 11.6 Å². The van der Waals surface area contributed by atoms with Gasteiger partial charge in [-0.3, -0.25) is 13.9 Å². The van der Waals surface area contributed by atoms with E-state index in [1.54, 1.807) is 6.92 Å². The first-order valence-electron chi connectivity index (χ1n) is 12.0. The highest BCUT2D eigenvalue weighted by Gasteiger charge is 2.36. The Morgan fingerprint density at radius 1 is 1.00 bits per heavy atom. The van der Waals surface area contributed by atoms with Crippen molar-refractivity contribution in [1.29, 1.82) is 0 Å². The molecule has 3 aromatic rings. The van der Waals surface area contributed by atoms with E-state index in [4.69, 9.17) is 11.6 Å². The molecule has 40 heavy (non-hydrogen) atoms. The van der Waals surface area contributed by atoms with Gasteiger partial charge in [-0.05, 0) is 50.2 Å². The lowest BCUT2D eigenvalue weighted by atomic mass is 10.1. The zero-order chi connectivity index (χ0) is 29.7. The second-order valence-corrected chi connectivity index (χ2v) is 10.9. The molecule has 0 spiro atoms. The Labute approximate surface area is 234 Å². The topological polar surface area (TPSA) is 86.8 Å². The van der Waals surface area contributed by atoms with Gasteiger partial charge in [-0.15, -0.1) is 0 Å². The van der Waals surface area contributed by atoms with Gasteiger partial charge >= 0.3 is 6.18 Å². The average Bonchev–Trinajstić information content (AvgIpc) is 2.91. The van der Waals surface area contributed by atoms with Crippen LogP contribution in [-0.4, -0.2) is 44.3 Å². The Morgan fingerprint density at radius 2 is 1.62 bits per heavy atom. The molecule has 0 aliphatic rings. The fraction of sp³-hybridized carbons (Fsp3) is 0.259. The van der Waals surface area contributed by atoms with E-state index in [1.165, 1.54) is 55.5 Å². The highest BCUT2D eigenvalue weighted by atomic mass is 35.5. The minimum Gasteiger partial charge on any atom is -0.355 e. The number of anilines is 1. The van der Waals surface area contributed by atoms with E-state index in [9.17, 15) is 35.6 Å². The van der Waals surface area contributed by atoms with Gasteiger partial charge in [0.05, 0.1) is 21.2 Å². The van der Waals surface area contributed by atoms with Crippen molar-refractivity contribution in [1.82, 2.24) is 10.2 Å². The smallest absolute Gasteiger partial charge is 0.355 e. The quantitative estimate of drug-likeness (QED) is 0.323. The maximum absolute atomic E-state index is 14.5. The van der Waals surface area contributed by atoms with Gasteiger partial charge in [0, 0.05) is 18.7 Å². The summed E-state index contributed by atoms with van der Waals surface area (Å²) in [5.41, 5.74) is -1.74. The molecule has 2 amide bonds. The molecule has 3 rings (SSSR count). The standard InChI is InChI=1S/C27H26ClF4N3O4S/c1-3-33-26(37)18(2)34(16-19-9-7-8-12-23(19)29)25(36)17-35(40(38,39)21-10-5-4-6-11-21)24-15-20(27(30,31)32)13-14-22(24)28/h4-15,18H,3,16-17H2,1-2H3,(H,33,37). The summed E-state index contributed by atoms with van der Waals surface area (Å²) in [6.07, 6.45) is -4.84. The van der Waals surface area contributed by atoms with Gasteiger partial charge in [0.1, 0.15) is 18.4 Å². The summed E-state index contributed by atoms with van der Waals surface area (Å²) in [4.78, 5) is 27.0. The van der Waals surface area contributed by atoms with Gasteiger partial charge in [0.2, 0.25) is 11.8 Å². The van der Waals surface area contributed by atoms with Crippen LogP contribution in [-0.2, 0) is 32.3 Å². The third-order valence-electron chi connectivity index (χ3n) is 5.97. The van der Waals surface area contributed by atoms with Crippen LogP contribution < -0.4 is 9.62 Å². The summed E-state index contributed by atoms with van der Waals surface area (Å²) >= 11 is 6.19. The molecule has 0 radical (unpaired) electrons. The number of hydrogen-bond donors (Lipinski definition) is 1. The molecule has 0 fully saturated rings. The zero-order valence-corrected chi connectivity index (χ0v) is 23.0. The third kappa shape index (κ3) is 7.11. The fourth-order valence-corrected chi connectivity index (χ4v) is 5.54. The Hall–Kier alpha value is -3.64. The maximum Gasteiger partial charge on any atom is 0.416 e. The fourth-order valence-electron chi connectivity index (χ4n) is 3.83. The predicted octanol–water partition coefficient (Wildman–Crippen LogP) is 5.25. The molecular weight excluding hydrogens is 574 g/mol. The molecule has 1 atom stereocenters. The van der Waals surface area contributed by atoms with Crippen LogP contribution in [0.5, 0.6) is 0 Å². The van der Waals surface area contributed by atoms with Crippen molar-refractivity contribution in [2.24, 2.45) is 0 Å². The van der Waals surface area contributed by atoms with Crippen LogP contribution in [0.15, 0.2) is 77.7 Å². The molecular formula is C27H26ClF4N3O4S. The zero-order valence-electron chi connectivity index (χ0n) is 21.5. The molecule has 0 saturated carbocycles. The first-order chi connectivity index (χ1) is 18.8. The van der Waals surface area contributed by atoms with E-state index >= 15 is 0 Å². The number of hydrogen-bond acceptors (Lipinski definition) is 4. The molecule has 1 N–H and O–H groups in total. The van der Waals surface area contributed by atoms with Crippen molar-refractivity contribution in [2.75, 3.05) is 17.4 Å². The van der Waals surface area contributed by atoms with Crippen molar-refractivity contribution < 1.29 is 35.6 Å². The Bertz CT molecular complexity index is 1470. The minimum absolute atomic E-state index is 0.0431. The van der Waals surface area contributed by atoms with E-state index in [2.05, 4.69) is 5.32 Å². The van der Waals surface area contributed by atoms with Gasteiger partial charge in [-0.1, -0.05) is 48.0 Å². The largest absolute Gasteiger partial charge is 0.416 e. The van der Waals surface area contributed by atoms with Gasteiger partial charge in [-0.25, -0.2) is 12.8 Å². The van der Waals surface area contributed by atoms with Crippen LogP contribution in [0.3, 0.4) is 0 Å². The summed E-state index contributed by atoms with van der Waals surface area (Å²) in [5, 5.41) is 2.19. The molecule has 13 heteroatoms. The van der Waals surface area contributed by atoms with Gasteiger partial charge < -0.3 is 10.2 Å².